The fourth-order valence-corrected chi connectivity index (χ4v) is 1.17. The molecule has 0 atom stereocenters. The molecule has 0 aliphatic rings. The van der Waals surface area contributed by atoms with E-state index in [1.165, 1.54) is 0 Å². The first-order chi connectivity index (χ1) is 6.45. The molecular weight excluding hydrogens is 200 g/mol. The lowest BCUT2D eigenvalue weighted by Gasteiger charge is -2.19. The molecule has 0 fully saturated rings. The number of esters is 1. The maximum absolute atomic E-state index is 11.3. The van der Waals surface area contributed by atoms with Crippen LogP contribution in [-0.2, 0) is 9.53 Å². The number of likely N-dealkylation sites (N-methyl/N-ethyl adjacent to an activating group) is 1. The Bertz CT molecular complexity index is 207. The quantitative estimate of drug-likeness (QED) is 0.521. The summed E-state index contributed by atoms with van der Waals surface area (Å²) in [4.78, 5) is 13.5. The summed E-state index contributed by atoms with van der Waals surface area (Å²) in [6.45, 7) is 7.01. The second kappa shape index (κ2) is 6.73. The lowest BCUT2D eigenvalue weighted by atomic mass is 10.4. The number of hydrogen-bond acceptors (Lipinski definition) is 4. The normalized spacial score (nSPS) is 10.6. The molecule has 0 aliphatic heterocycles. The van der Waals surface area contributed by atoms with Gasteiger partial charge in [-0.3, -0.25) is 9.69 Å². The largest absolute Gasteiger partial charge is 0.462 e. The molecule has 0 radical (unpaired) electrons. The Kier molecular flexibility index (Phi) is 6.40. The SMILES string of the molecule is CCN(CC(=O)OC(C)C)CC(N)=S. The monoisotopic (exact) mass is 218 g/mol. The highest BCUT2D eigenvalue weighted by molar-refractivity contribution is 7.80. The Hall–Kier alpha value is -0.680. The van der Waals surface area contributed by atoms with Crippen molar-refractivity contribution >= 4 is 23.2 Å². The summed E-state index contributed by atoms with van der Waals surface area (Å²) in [5, 5.41) is 0. The molecule has 0 spiro atoms. The molecule has 0 bridgehead atoms. The van der Waals surface area contributed by atoms with Crippen molar-refractivity contribution in [3.05, 3.63) is 0 Å². The summed E-state index contributed by atoms with van der Waals surface area (Å²) in [7, 11) is 0. The molecular formula is C9H18N2O2S. The van der Waals surface area contributed by atoms with E-state index in [9.17, 15) is 4.79 Å². The maximum Gasteiger partial charge on any atom is 0.320 e. The molecule has 0 heterocycles. The molecule has 0 rings (SSSR count). The molecule has 0 saturated carbocycles. The Labute approximate surface area is 90.4 Å². The van der Waals surface area contributed by atoms with Crippen LogP contribution in [0.15, 0.2) is 0 Å². The molecule has 4 nitrogen and oxygen atoms in total. The van der Waals surface area contributed by atoms with Gasteiger partial charge in [-0.2, -0.15) is 0 Å². The van der Waals surface area contributed by atoms with E-state index < -0.39 is 0 Å². The highest BCUT2D eigenvalue weighted by atomic mass is 32.1. The average molecular weight is 218 g/mol. The Morgan fingerprint density at radius 1 is 1.50 bits per heavy atom. The Balaban J connectivity index is 3.92. The van der Waals surface area contributed by atoms with Gasteiger partial charge in [-0.05, 0) is 20.4 Å². The topological polar surface area (TPSA) is 55.6 Å². The minimum Gasteiger partial charge on any atom is -0.462 e. The molecule has 0 amide bonds. The van der Waals surface area contributed by atoms with E-state index in [4.69, 9.17) is 22.7 Å². The zero-order valence-electron chi connectivity index (χ0n) is 8.95. The number of rotatable bonds is 6. The van der Waals surface area contributed by atoms with Gasteiger partial charge in [0, 0.05) is 6.54 Å². The van der Waals surface area contributed by atoms with Crippen molar-refractivity contribution in [2.45, 2.75) is 26.9 Å². The van der Waals surface area contributed by atoms with E-state index >= 15 is 0 Å². The van der Waals surface area contributed by atoms with E-state index in [2.05, 4.69) is 0 Å². The van der Waals surface area contributed by atoms with Crippen molar-refractivity contribution < 1.29 is 9.53 Å². The number of ether oxygens (including phenoxy) is 1. The van der Waals surface area contributed by atoms with Crippen LogP contribution in [0.4, 0.5) is 0 Å². The predicted molar refractivity (Wildman–Crippen MR) is 60.1 cm³/mol. The molecule has 2 N–H and O–H groups in total. The van der Waals surface area contributed by atoms with Gasteiger partial charge in [0.2, 0.25) is 0 Å². The van der Waals surface area contributed by atoms with Crippen molar-refractivity contribution in [1.29, 1.82) is 0 Å². The van der Waals surface area contributed by atoms with Gasteiger partial charge in [0.05, 0.1) is 17.6 Å². The maximum atomic E-state index is 11.3. The predicted octanol–water partition coefficient (Wildman–Crippen LogP) is 0.546. The van der Waals surface area contributed by atoms with Crippen molar-refractivity contribution in [2.75, 3.05) is 19.6 Å². The van der Waals surface area contributed by atoms with Gasteiger partial charge in [-0.15, -0.1) is 0 Å². The van der Waals surface area contributed by atoms with E-state index in [1.807, 2.05) is 25.7 Å². The van der Waals surface area contributed by atoms with E-state index in [1.54, 1.807) is 0 Å². The van der Waals surface area contributed by atoms with Gasteiger partial charge in [0.15, 0.2) is 0 Å². The van der Waals surface area contributed by atoms with Crippen LogP contribution < -0.4 is 5.73 Å². The molecule has 0 aromatic heterocycles. The van der Waals surface area contributed by atoms with E-state index in [-0.39, 0.29) is 18.6 Å². The molecule has 0 aromatic carbocycles. The zero-order chi connectivity index (χ0) is 11.1. The summed E-state index contributed by atoms with van der Waals surface area (Å²) >= 11 is 4.76. The van der Waals surface area contributed by atoms with Crippen LogP contribution in [0.25, 0.3) is 0 Å². The van der Waals surface area contributed by atoms with Gasteiger partial charge in [-0.1, -0.05) is 19.1 Å². The lowest BCUT2D eigenvalue weighted by Crippen LogP contribution is -2.37. The molecule has 0 unspecified atom stereocenters. The zero-order valence-corrected chi connectivity index (χ0v) is 9.76. The van der Waals surface area contributed by atoms with Crippen LogP contribution >= 0.6 is 12.2 Å². The Morgan fingerprint density at radius 3 is 2.43 bits per heavy atom. The number of carbonyl (C=O) groups is 1. The van der Waals surface area contributed by atoms with Crippen LogP contribution in [0.5, 0.6) is 0 Å². The lowest BCUT2D eigenvalue weighted by molar-refractivity contribution is -0.148. The third-order valence-corrected chi connectivity index (χ3v) is 1.68. The van der Waals surface area contributed by atoms with Crippen LogP contribution in [0, 0.1) is 0 Å². The fourth-order valence-electron chi connectivity index (χ4n) is 0.983. The van der Waals surface area contributed by atoms with Crippen LogP contribution in [0.1, 0.15) is 20.8 Å². The molecule has 5 heteroatoms. The van der Waals surface area contributed by atoms with Gasteiger partial charge in [-0.25, -0.2) is 0 Å². The molecule has 14 heavy (non-hydrogen) atoms. The number of carbonyl (C=O) groups excluding carboxylic acids is 1. The van der Waals surface area contributed by atoms with Gasteiger partial charge < -0.3 is 10.5 Å². The third kappa shape index (κ3) is 6.80. The summed E-state index contributed by atoms with van der Waals surface area (Å²) in [6.07, 6.45) is -0.0777. The second-order valence-electron chi connectivity index (χ2n) is 3.31. The molecule has 0 aliphatic carbocycles. The average Bonchev–Trinajstić information content (AvgIpc) is 2.00. The third-order valence-electron chi connectivity index (χ3n) is 1.55. The molecule has 0 saturated heterocycles. The number of nitrogens with two attached hydrogens (primary N) is 1. The van der Waals surface area contributed by atoms with Gasteiger partial charge in [0.1, 0.15) is 0 Å². The Morgan fingerprint density at radius 2 is 2.07 bits per heavy atom. The first kappa shape index (κ1) is 13.3. The number of thiocarbonyl (C=S) groups is 1. The van der Waals surface area contributed by atoms with Crippen LogP contribution in [0.3, 0.4) is 0 Å². The summed E-state index contributed by atoms with van der Waals surface area (Å²) in [6, 6.07) is 0. The van der Waals surface area contributed by atoms with Crippen molar-refractivity contribution in [2.24, 2.45) is 5.73 Å². The van der Waals surface area contributed by atoms with Crippen LogP contribution in [0.2, 0.25) is 0 Å². The minimum atomic E-state index is -0.238. The van der Waals surface area contributed by atoms with Gasteiger partial charge >= 0.3 is 5.97 Å². The van der Waals surface area contributed by atoms with Crippen LogP contribution in [-0.4, -0.2) is 41.6 Å². The van der Waals surface area contributed by atoms with E-state index in [0.29, 0.717) is 11.5 Å². The van der Waals surface area contributed by atoms with E-state index in [0.717, 1.165) is 6.54 Å². The second-order valence-corrected chi connectivity index (χ2v) is 3.83. The fraction of sp³-hybridized carbons (Fsp3) is 0.778. The van der Waals surface area contributed by atoms with Crippen molar-refractivity contribution in [1.82, 2.24) is 4.90 Å². The first-order valence-corrected chi connectivity index (χ1v) is 5.06. The first-order valence-electron chi connectivity index (χ1n) is 4.65. The standard InChI is InChI=1S/C9H18N2O2S/c1-4-11(5-8(10)14)6-9(12)13-7(2)3/h7H,4-6H2,1-3H3,(H2,10,14). The van der Waals surface area contributed by atoms with Crippen molar-refractivity contribution in [3.63, 3.8) is 0 Å². The van der Waals surface area contributed by atoms with Crippen molar-refractivity contribution in [3.8, 4) is 0 Å². The summed E-state index contributed by atoms with van der Waals surface area (Å²) in [5.74, 6) is -0.238. The number of nitrogens with zero attached hydrogens (tertiary/aromatic N) is 1. The number of hydrogen-bond donors (Lipinski definition) is 1. The highest BCUT2D eigenvalue weighted by Gasteiger charge is 2.11. The molecule has 0 aromatic rings. The summed E-state index contributed by atoms with van der Waals surface area (Å²) < 4.78 is 5.00. The molecule has 82 valence electrons. The van der Waals surface area contributed by atoms with Gasteiger partial charge in [0.25, 0.3) is 0 Å². The highest BCUT2D eigenvalue weighted by Crippen LogP contribution is 1.93. The summed E-state index contributed by atoms with van der Waals surface area (Å²) in [5.41, 5.74) is 5.38. The smallest absolute Gasteiger partial charge is 0.320 e. The minimum absolute atomic E-state index is 0.0777.